The third-order valence-corrected chi connectivity index (χ3v) is 5.56. The van der Waals surface area contributed by atoms with Gasteiger partial charge in [-0.25, -0.2) is 9.78 Å². The van der Waals surface area contributed by atoms with Crippen molar-refractivity contribution in [3.8, 4) is 5.69 Å². The average molecular weight is 436 g/mol. The van der Waals surface area contributed by atoms with E-state index in [2.05, 4.69) is 4.98 Å². The number of non-ortho nitro benzene ring substituents is 1. The topological polar surface area (TPSA) is 127 Å². The zero-order valence-electron chi connectivity index (χ0n) is 17.9. The maximum absolute atomic E-state index is 13.1. The number of benzene rings is 1. The smallest absolute Gasteiger partial charge is 0.318 e. The molecule has 3 heterocycles. The van der Waals surface area contributed by atoms with Gasteiger partial charge in [0, 0.05) is 43.2 Å². The molecule has 0 fully saturated rings. The number of nitrogens with zero attached hydrogens (tertiary/aromatic N) is 6. The molecular weight excluding hydrogens is 416 g/mol. The van der Waals surface area contributed by atoms with Crippen molar-refractivity contribution in [2.24, 2.45) is 14.1 Å². The Morgan fingerprint density at radius 1 is 1.12 bits per heavy atom. The van der Waals surface area contributed by atoms with E-state index in [4.69, 9.17) is 0 Å². The van der Waals surface area contributed by atoms with Gasteiger partial charge in [-0.1, -0.05) is 6.07 Å². The highest BCUT2D eigenvalue weighted by atomic mass is 16.6. The summed E-state index contributed by atoms with van der Waals surface area (Å²) in [5.41, 5.74) is 1.65. The Labute approximate surface area is 180 Å². The Morgan fingerprint density at radius 3 is 2.53 bits per heavy atom. The number of hydrogen-bond acceptors (Lipinski definition) is 6. The van der Waals surface area contributed by atoms with E-state index in [0.29, 0.717) is 16.9 Å². The molecule has 0 radical (unpaired) electrons. The lowest BCUT2D eigenvalue weighted by molar-refractivity contribution is -0.384. The maximum atomic E-state index is 13.1. The van der Waals surface area contributed by atoms with Crippen molar-refractivity contribution >= 4 is 22.6 Å². The van der Waals surface area contributed by atoms with Gasteiger partial charge in [-0.3, -0.25) is 28.8 Å². The van der Waals surface area contributed by atoms with E-state index in [9.17, 15) is 24.5 Å². The lowest BCUT2D eigenvalue weighted by atomic mass is 10.1. The van der Waals surface area contributed by atoms with Gasteiger partial charge >= 0.3 is 5.69 Å². The number of fused-ring (bicyclic) bond motifs is 1. The maximum Gasteiger partial charge on any atom is 0.332 e. The predicted octanol–water partition coefficient (Wildman–Crippen LogP) is 1.63. The molecule has 0 saturated carbocycles. The number of carbonyl (C=O) groups is 1. The molecule has 1 aromatic carbocycles. The lowest BCUT2D eigenvalue weighted by Gasteiger charge is -2.10. The largest absolute Gasteiger partial charge is 0.332 e. The van der Waals surface area contributed by atoms with E-state index in [1.807, 2.05) is 0 Å². The van der Waals surface area contributed by atoms with Crippen LogP contribution in [0.1, 0.15) is 21.7 Å². The fourth-order valence-corrected chi connectivity index (χ4v) is 3.94. The van der Waals surface area contributed by atoms with Crippen LogP contribution >= 0.6 is 0 Å². The summed E-state index contributed by atoms with van der Waals surface area (Å²) in [6, 6.07) is 7.88. The molecule has 32 heavy (non-hydrogen) atoms. The van der Waals surface area contributed by atoms with Crippen molar-refractivity contribution in [1.29, 1.82) is 0 Å². The number of nitro benzene ring substituents is 1. The number of ketones is 1. The fourth-order valence-electron chi connectivity index (χ4n) is 3.94. The molecule has 0 aliphatic carbocycles. The van der Waals surface area contributed by atoms with E-state index < -0.39 is 16.2 Å². The van der Waals surface area contributed by atoms with Gasteiger partial charge in [-0.05, 0) is 26.0 Å². The number of imidazole rings is 1. The van der Waals surface area contributed by atoms with Crippen molar-refractivity contribution in [1.82, 2.24) is 23.3 Å². The highest BCUT2D eigenvalue weighted by Crippen LogP contribution is 2.24. The molecule has 4 aromatic rings. The summed E-state index contributed by atoms with van der Waals surface area (Å²) in [6.45, 7) is 3.41. The third-order valence-electron chi connectivity index (χ3n) is 5.56. The summed E-state index contributed by atoms with van der Waals surface area (Å²) < 4.78 is 5.43. The minimum absolute atomic E-state index is 0.0470. The van der Waals surface area contributed by atoms with Crippen LogP contribution in [0, 0.1) is 24.0 Å². The van der Waals surface area contributed by atoms with Crippen LogP contribution in [0.2, 0.25) is 0 Å². The molecule has 11 heteroatoms. The zero-order chi connectivity index (χ0) is 23.3. The van der Waals surface area contributed by atoms with Crippen LogP contribution in [0.4, 0.5) is 5.69 Å². The highest BCUT2D eigenvalue weighted by molar-refractivity contribution is 5.98. The van der Waals surface area contributed by atoms with E-state index in [-0.39, 0.29) is 29.2 Å². The molecule has 0 aliphatic heterocycles. The van der Waals surface area contributed by atoms with E-state index in [1.54, 1.807) is 36.6 Å². The highest BCUT2D eigenvalue weighted by Gasteiger charge is 2.21. The minimum atomic E-state index is -0.532. The van der Waals surface area contributed by atoms with E-state index in [0.717, 1.165) is 10.3 Å². The van der Waals surface area contributed by atoms with Crippen LogP contribution in [0.15, 0.2) is 46.2 Å². The molecule has 0 saturated heterocycles. The Morgan fingerprint density at radius 2 is 1.84 bits per heavy atom. The molecule has 0 amide bonds. The first-order valence-corrected chi connectivity index (χ1v) is 9.69. The molecule has 11 nitrogen and oxygen atoms in total. The summed E-state index contributed by atoms with van der Waals surface area (Å²) >= 11 is 0. The Hall–Kier alpha value is -4.28. The monoisotopic (exact) mass is 436 g/mol. The summed E-state index contributed by atoms with van der Waals surface area (Å²) in [5, 5.41) is 11.1. The molecule has 0 unspecified atom stereocenters. The predicted molar refractivity (Wildman–Crippen MR) is 116 cm³/mol. The second kappa shape index (κ2) is 7.45. The van der Waals surface area contributed by atoms with Gasteiger partial charge in [0.05, 0.1) is 23.5 Å². The summed E-state index contributed by atoms with van der Waals surface area (Å²) in [5.74, 6) is -0.259. The number of rotatable bonds is 5. The van der Waals surface area contributed by atoms with Crippen molar-refractivity contribution < 1.29 is 9.72 Å². The van der Waals surface area contributed by atoms with Crippen molar-refractivity contribution in [2.45, 2.75) is 20.4 Å². The van der Waals surface area contributed by atoms with Gasteiger partial charge in [0.1, 0.15) is 0 Å². The second-order valence-electron chi connectivity index (χ2n) is 7.57. The van der Waals surface area contributed by atoms with Crippen LogP contribution in [-0.4, -0.2) is 34.0 Å². The molecular formula is C21H20N6O5. The lowest BCUT2D eigenvalue weighted by Crippen LogP contribution is -2.37. The number of aryl methyl sites for hydroxylation is 2. The van der Waals surface area contributed by atoms with Gasteiger partial charge < -0.3 is 9.13 Å². The minimum Gasteiger partial charge on any atom is -0.318 e. The Bertz CT molecular complexity index is 1530. The van der Waals surface area contributed by atoms with Gasteiger partial charge in [0.15, 0.2) is 16.9 Å². The molecule has 0 atom stereocenters. The number of hydrogen-bond donors (Lipinski definition) is 0. The second-order valence-corrected chi connectivity index (χ2v) is 7.57. The van der Waals surface area contributed by atoms with E-state index in [1.165, 1.54) is 41.7 Å². The molecule has 0 aliphatic rings. The molecule has 0 spiro atoms. The molecule has 3 aromatic heterocycles. The molecule has 0 N–H and O–H groups in total. The third kappa shape index (κ3) is 3.14. The van der Waals surface area contributed by atoms with Crippen LogP contribution < -0.4 is 11.2 Å². The summed E-state index contributed by atoms with van der Waals surface area (Å²) in [4.78, 5) is 52.7. The van der Waals surface area contributed by atoms with Crippen molar-refractivity contribution in [3.05, 3.63) is 84.6 Å². The van der Waals surface area contributed by atoms with Crippen LogP contribution in [-0.2, 0) is 20.6 Å². The normalized spacial score (nSPS) is 11.2. The SMILES string of the molecule is Cc1cc(C(=O)Cn2cnc3c2c(=O)n(C)c(=O)n3C)c(C)n1-c1cccc([N+](=O)[O-])c1. The standard InChI is InChI=1S/C21H20N6O5/c1-12-8-16(13(2)26(12)14-6-5-7-15(9-14)27(31)32)17(28)10-25-11-22-19-18(25)20(29)24(4)21(30)23(19)3/h5-9,11H,10H2,1-4H3. The van der Waals surface area contributed by atoms with Crippen LogP contribution in [0.25, 0.3) is 16.9 Å². The first kappa shape index (κ1) is 21.0. The number of aromatic nitrogens is 5. The van der Waals surface area contributed by atoms with Gasteiger partial charge in [-0.2, -0.15) is 0 Å². The fraction of sp³-hybridized carbons (Fsp3) is 0.238. The zero-order valence-corrected chi connectivity index (χ0v) is 17.9. The van der Waals surface area contributed by atoms with Gasteiger partial charge in [0.25, 0.3) is 11.2 Å². The van der Waals surface area contributed by atoms with Crippen LogP contribution in [0.5, 0.6) is 0 Å². The van der Waals surface area contributed by atoms with Crippen molar-refractivity contribution in [2.75, 3.05) is 0 Å². The Kier molecular flexibility index (Phi) is 4.88. The van der Waals surface area contributed by atoms with Crippen molar-refractivity contribution in [3.63, 3.8) is 0 Å². The average Bonchev–Trinajstić information content (AvgIpc) is 3.31. The number of nitro groups is 1. The number of Topliss-reactive ketones (excluding diaryl/α,β-unsaturated/α-hetero) is 1. The first-order chi connectivity index (χ1) is 15.1. The quantitative estimate of drug-likeness (QED) is 0.266. The van der Waals surface area contributed by atoms with Gasteiger partial charge in [0.2, 0.25) is 0 Å². The van der Waals surface area contributed by atoms with E-state index >= 15 is 0 Å². The van der Waals surface area contributed by atoms with Crippen LogP contribution in [0.3, 0.4) is 0 Å². The van der Waals surface area contributed by atoms with Gasteiger partial charge in [-0.15, -0.1) is 0 Å². The summed E-state index contributed by atoms with van der Waals surface area (Å²) in [6.07, 6.45) is 1.36. The first-order valence-electron chi connectivity index (χ1n) is 9.69. The molecule has 0 bridgehead atoms. The summed E-state index contributed by atoms with van der Waals surface area (Å²) in [7, 11) is 2.88. The Balaban J connectivity index is 1.76. The number of carbonyl (C=O) groups excluding carboxylic acids is 1. The molecule has 4 rings (SSSR count). The molecule has 164 valence electrons.